The van der Waals surface area contributed by atoms with Crippen molar-refractivity contribution in [2.24, 2.45) is 40.4 Å². The summed E-state index contributed by atoms with van der Waals surface area (Å²) in [6.45, 7) is 8.33. The Morgan fingerprint density at radius 3 is 2.59 bits per heavy atom. The quantitative estimate of drug-likeness (QED) is 0.552. The van der Waals surface area contributed by atoms with Gasteiger partial charge in [-0.15, -0.1) is 0 Å². The molecule has 0 aromatic rings. The van der Waals surface area contributed by atoms with Crippen LogP contribution in [0.2, 0.25) is 0 Å². The molecule has 22 heavy (non-hydrogen) atoms. The Labute approximate surface area is 131 Å². The van der Waals surface area contributed by atoms with E-state index in [0.29, 0.717) is 5.92 Å². The molecule has 0 aliphatic heterocycles. The van der Waals surface area contributed by atoms with Crippen LogP contribution >= 0.6 is 0 Å². The summed E-state index contributed by atoms with van der Waals surface area (Å²) in [6, 6.07) is 0. The average Bonchev–Trinajstić information content (AvgIpc) is 2.84. The van der Waals surface area contributed by atoms with Gasteiger partial charge in [0.2, 0.25) is 0 Å². The molecule has 0 aromatic heterocycles. The van der Waals surface area contributed by atoms with Crippen molar-refractivity contribution in [1.82, 2.24) is 0 Å². The second-order valence-corrected chi connectivity index (χ2v) is 8.45. The molecule has 0 bridgehead atoms. The van der Waals surface area contributed by atoms with Gasteiger partial charge >= 0.3 is 0 Å². The predicted molar refractivity (Wildman–Crippen MR) is 82.9 cm³/mol. The Kier molecular flexibility index (Phi) is 2.61. The molecule has 4 aliphatic carbocycles. The molecule has 0 radical (unpaired) electrons. The first-order chi connectivity index (χ1) is 10.2. The monoisotopic (exact) mass is 300 g/mol. The second kappa shape index (κ2) is 4.00. The zero-order valence-electron chi connectivity index (χ0n) is 13.7. The summed E-state index contributed by atoms with van der Waals surface area (Å²) in [7, 11) is 0. The van der Waals surface area contributed by atoms with Gasteiger partial charge in [-0.25, -0.2) is 0 Å². The summed E-state index contributed by atoms with van der Waals surface area (Å²) in [5, 5.41) is 10.9. The lowest BCUT2D eigenvalue weighted by Crippen LogP contribution is -2.56. The Morgan fingerprint density at radius 2 is 1.91 bits per heavy atom. The van der Waals surface area contributed by atoms with Gasteiger partial charge in [-0.2, -0.15) is 0 Å². The number of carbonyl (C=O) groups is 2. The molecule has 0 saturated heterocycles. The van der Waals surface area contributed by atoms with Crippen molar-refractivity contribution in [1.29, 1.82) is 0 Å². The molecule has 1 N–H and O–H groups in total. The van der Waals surface area contributed by atoms with Crippen LogP contribution in [-0.4, -0.2) is 22.8 Å². The number of ketones is 2. The van der Waals surface area contributed by atoms with Gasteiger partial charge in [0, 0.05) is 17.8 Å². The third kappa shape index (κ3) is 1.37. The maximum absolute atomic E-state index is 13.2. The third-order valence-electron chi connectivity index (χ3n) is 7.15. The van der Waals surface area contributed by atoms with Crippen LogP contribution in [0.3, 0.4) is 0 Å². The van der Waals surface area contributed by atoms with Crippen LogP contribution in [0.25, 0.3) is 0 Å². The molecule has 2 saturated carbocycles. The molecule has 118 valence electrons. The molecule has 7 atom stereocenters. The van der Waals surface area contributed by atoms with Gasteiger partial charge in [-0.05, 0) is 42.2 Å². The number of hydrogen-bond donors (Lipinski definition) is 1. The van der Waals surface area contributed by atoms with E-state index in [-0.39, 0.29) is 40.7 Å². The summed E-state index contributed by atoms with van der Waals surface area (Å²) in [5.41, 5.74) is -0.0155. The molecular weight excluding hydrogens is 276 g/mol. The molecule has 3 nitrogen and oxygen atoms in total. The van der Waals surface area contributed by atoms with Gasteiger partial charge in [0.25, 0.3) is 0 Å². The highest BCUT2D eigenvalue weighted by Crippen LogP contribution is 2.72. The lowest BCUT2D eigenvalue weighted by Gasteiger charge is -2.46. The van der Waals surface area contributed by atoms with Crippen molar-refractivity contribution in [3.63, 3.8) is 0 Å². The van der Waals surface area contributed by atoms with Gasteiger partial charge in [0.1, 0.15) is 5.41 Å². The number of fused-ring (bicyclic) bond motifs is 2. The van der Waals surface area contributed by atoms with E-state index in [4.69, 9.17) is 0 Å². The SMILES string of the molecule is CC1=C[C@H]2C=CC(=O)[C@]23C(=O)[C@H](C)C[C@@H]2[C@H](C3[C@H]1O)C2(C)C. The number of hydrogen-bond acceptors (Lipinski definition) is 3. The minimum atomic E-state index is -1.04. The smallest absolute Gasteiger partial charge is 0.170 e. The number of aliphatic hydroxyl groups is 1. The van der Waals surface area contributed by atoms with E-state index in [9.17, 15) is 14.7 Å². The first-order valence-corrected chi connectivity index (χ1v) is 8.37. The first kappa shape index (κ1) is 14.4. The lowest BCUT2D eigenvalue weighted by molar-refractivity contribution is -0.150. The van der Waals surface area contributed by atoms with Gasteiger partial charge < -0.3 is 5.11 Å². The van der Waals surface area contributed by atoms with E-state index in [1.54, 1.807) is 6.08 Å². The van der Waals surface area contributed by atoms with Gasteiger partial charge in [0.15, 0.2) is 11.6 Å². The van der Waals surface area contributed by atoms with Crippen LogP contribution in [0, 0.1) is 40.4 Å². The van der Waals surface area contributed by atoms with Gasteiger partial charge in [-0.3, -0.25) is 9.59 Å². The van der Waals surface area contributed by atoms with Gasteiger partial charge in [-0.1, -0.05) is 32.9 Å². The van der Waals surface area contributed by atoms with Crippen LogP contribution in [0.5, 0.6) is 0 Å². The maximum Gasteiger partial charge on any atom is 0.170 e. The normalized spacial score (nSPS) is 51.6. The van der Waals surface area contributed by atoms with Crippen molar-refractivity contribution in [3.05, 3.63) is 23.8 Å². The summed E-state index contributed by atoms with van der Waals surface area (Å²) < 4.78 is 0. The highest BCUT2D eigenvalue weighted by Gasteiger charge is 2.74. The number of rotatable bonds is 0. The van der Waals surface area contributed by atoms with Crippen molar-refractivity contribution in [3.8, 4) is 0 Å². The molecule has 2 fully saturated rings. The predicted octanol–water partition coefficient (Wildman–Crippen LogP) is 2.55. The summed E-state index contributed by atoms with van der Waals surface area (Å²) in [5.74, 6) is 0.135. The highest BCUT2D eigenvalue weighted by molar-refractivity contribution is 6.15. The van der Waals surface area contributed by atoms with Crippen LogP contribution < -0.4 is 0 Å². The molecule has 3 heteroatoms. The van der Waals surface area contributed by atoms with E-state index in [1.165, 1.54) is 0 Å². The second-order valence-electron chi connectivity index (χ2n) is 8.45. The molecule has 0 amide bonds. The number of Topliss-reactive ketones (excluding diaryl/α,β-unsaturated/α-hetero) is 1. The number of allylic oxidation sites excluding steroid dienone is 3. The third-order valence-corrected chi connectivity index (χ3v) is 7.15. The zero-order valence-corrected chi connectivity index (χ0v) is 13.7. The lowest BCUT2D eigenvalue weighted by atomic mass is 9.55. The number of carbonyl (C=O) groups excluding carboxylic acids is 2. The Hall–Kier alpha value is -1.22. The molecule has 1 unspecified atom stereocenters. The topological polar surface area (TPSA) is 54.4 Å². The Morgan fingerprint density at radius 1 is 1.23 bits per heavy atom. The van der Waals surface area contributed by atoms with E-state index in [2.05, 4.69) is 13.8 Å². The van der Waals surface area contributed by atoms with Crippen LogP contribution in [-0.2, 0) is 9.59 Å². The summed E-state index contributed by atoms with van der Waals surface area (Å²) in [6.07, 6.45) is 5.58. The highest BCUT2D eigenvalue weighted by atomic mass is 16.3. The maximum atomic E-state index is 13.2. The minimum absolute atomic E-state index is 0.0586. The van der Waals surface area contributed by atoms with E-state index < -0.39 is 11.5 Å². The summed E-state index contributed by atoms with van der Waals surface area (Å²) in [4.78, 5) is 26.1. The van der Waals surface area contributed by atoms with Crippen LogP contribution in [0.1, 0.15) is 34.1 Å². The van der Waals surface area contributed by atoms with Crippen molar-refractivity contribution in [2.75, 3.05) is 0 Å². The molecule has 1 spiro atoms. The molecule has 4 aliphatic rings. The fraction of sp³-hybridized carbons (Fsp3) is 0.684. The van der Waals surface area contributed by atoms with Gasteiger partial charge in [0.05, 0.1) is 6.10 Å². The summed E-state index contributed by atoms with van der Waals surface area (Å²) >= 11 is 0. The largest absolute Gasteiger partial charge is 0.388 e. The zero-order chi connectivity index (χ0) is 16.0. The van der Waals surface area contributed by atoms with Crippen LogP contribution in [0.15, 0.2) is 23.8 Å². The van der Waals surface area contributed by atoms with Crippen molar-refractivity contribution >= 4 is 11.6 Å². The average molecular weight is 300 g/mol. The number of aliphatic hydroxyl groups excluding tert-OH is 1. The molecule has 0 heterocycles. The molecule has 0 aromatic carbocycles. The Bertz CT molecular complexity index is 641. The fourth-order valence-corrected chi connectivity index (χ4v) is 5.91. The standard InChI is InChI=1S/C19H24O3/c1-9-7-11-5-6-13(20)19(11)15(16(9)21)14-12(18(14,3)4)8-10(2)17(19)22/h5-7,10-12,14-16,21H,8H2,1-4H3/t10-,11-,12-,14-,15?,16+,19-/m1/s1. The first-order valence-electron chi connectivity index (χ1n) is 8.37. The Balaban J connectivity index is 1.96. The minimum Gasteiger partial charge on any atom is -0.388 e. The van der Waals surface area contributed by atoms with Crippen molar-refractivity contribution in [2.45, 2.75) is 40.2 Å². The van der Waals surface area contributed by atoms with E-state index >= 15 is 0 Å². The van der Waals surface area contributed by atoms with Crippen LogP contribution in [0.4, 0.5) is 0 Å². The van der Waals surface area contributed by atoms with E-state index in [1.807, 2.05) is 26.0 Å². The fourth-order valence-electron chi connectivity index (χ4n) is 5.91. The van der Waals surface area contributed by atoms with Crippen molar-refractivity contribution < 1.29 is 14.7 Å². The van der Waals surface area contributed by atoms with E-state index in [0.717, 1.165) is 12.0 Å². The molecule has 4 rings (SSSR count). The molecular formula is C19H24O3.